The van der Waals surface area contributed by atoms with Crippen molar-refractivity contribution in [2.24, 2.45) is 4.99 Å². The second-order valence-corrected chi connectivity index (χ2v) is 9.62. The number of methoxy groups -OCH3 is 1. The third kappa shape index (κ3) is 4.43. The van der Waals surface area contributed by atoms with Crippen molar-refractivity contribution in [2.75, 3.05) is 24.1 Å². The molecule has 2 amide bonds. The number of aryl methyl sites for hydroxylation is 2. The van der Waals surface area contributed by atoms with Crippen LogP contribution in [-0.4, -0.2) is 37.5 Å². The van der Waals surface area contributed by atoms with Gasteiger partial charge in [-0.25, -0.2) is 4.99 Å². The second kappa shape index (κ2) is 10.2. The minimum atomic E-state index is -1.07. The number of benzene rings is 4. The third-order valence-corrected chi connectivity index (χ3v) is 7.10. The van der Waals surface area contributed by atoms with E-state index in [4.69, 9.17) is 19.2 Å². The summed E-state index contributed by atoms with van der Waals surface area (Å²) in [4.78, 5) is 35.0. The highest BCUT2D eigenvalue weighted by Gasteiger charge is 2.41. The van der Waals surface area contributed by atoms with E-state index in [9.17, 15) is 9.59 Å². The number of fused-ring (bicyclic) bond motifs is 2. The minimum Gasteiger partial charge on any atom is -0.497 e. The van der Waals surface area contributed by atoms with E-state index in [1.54, 1.807) is 31.4 Å². The molecule has 0 radical (unpaired) electrons. The molecule has 8 nitrogen and oxygen atoms in total. The number of hydrogen-bond donors (Lipinski definition) is 1. The summed E-state index contributed by atoms with van der Waals surface area (Å²) < 4.78 is 16.3. The van der Waals surface area contributed by atoms with Gasteiger partial charge in [-0.3, -0.25) is 14.5 Å². The molecule has 0 saturated carbocycles. The van der Waals surface area contributed by atoms with Crippen LogP contribution in [0.3, 0.4) is 0 Å². The van der Waals surface area contributed by atoms with E-state index < -0.39 is 6.04 Å². The third-order valence-electron chi connectivity index (χ3n) is 7.10. The fraction of sp³-hybridized carbons (Fsp3) is 0.156. The number of para-hydroxylation sites is 3. The number of rotatable bonds is 5. The van der Waals surface area contributed by atoms with Gasteiger partial charge in [0.25, 0.3) is 11.8 Å². The number of anilines is 2. The molecule has 2 aliphatic rings. The van der Waals surface area contributed by atoms with Gasteiger partial charge < -0.3 is 19.5 Å². The number of nitrogens with one attached hydrogen (secondary N) is 1. The van der Waals surface area contributed by atoms with E-state index >= 15 is 0 Å². The summed E-state index contributed by atoms with van der Waals surface area (Å²) >= 11 is 0. The molecule has 200 valence electrons. The summed E-state index contributed by atoms with van der Waals surface area (Å²) in [6.07, 6.45) is 0. The van der Waals surface area contributed by atoms with Crippen LogP contribution in [0, 0.1) is 13.8 Å². The van der Waals surface area contributed by atoms with Crippen molar-refractivity contribution in [3.05, 3.63) is 107 Å². The van der Waals surface area contributed by atoms with E-state index in [1.165, 1.54) is 4.90 Å². The highest BCUT2D eigenvalue weighted by atomic mass is 16.7. The van der Waals surface area contributed by atoms with Gasteiger partial charge in [-0.05, 0) is 85.1 Å². The average molecular weight is 534 g/mol. The maximum Gasteiger partial charge on any atom is 0.259 e. The van der Waals surface area contributed by atoms with Crippen LogP contribution >= 0.6 is 0 Å². The Hall–Kier alpha value is -5.11. The number of ether oxygens (including phenoxy) is 3. The van der Waals surface area contributed by atoms with Crippen molar-refractivity contribution in [1.82, 2.24) is 0 Å². The Morgan fingerprint density at radius 2 is 1.62 bits per heavy atom. The number of hydrogen-bond acceptors (Lipinski definition) is 6. The molecule has 2 heterocycles. The maximum atomic E-state index is 14.3. The van der Waals surface area contributed by atoms with Gasteiger partial charge in [0, 0.05) is 11.3 Å². The van der Waals surface area contributed by atoms with Gasteiger partial charge in [-0.15, -0.1) is 0 Å². The fourth-order valence-electron chi connectivity index (χ4n) is 5.04. The molecule has 1 atom stereocenters. The largest absolute Gasteiger partial charge is 0.497 e. The highest BCUT2D eigenvalue weighted by molar-refractivity contribution is 6.28. The van der Waals surface area contributed by atoms with Gasteiger partial charge in [-0.1, -0.05) is 30.3 Å². The summed E-state index contributed by atoms with van der Waals surface area (Å²) in [7, 11) is 1.59. The maximum absolute atomic E-state index is 14.3. The summed E-state index contributed by atoms with van der Waals surface area (Å²) in [5.41, 5.74) is 5.15. The lowest BCUT2D eigenvalue weighted by Crippen LogP contribution is -2.54. The predicted octanol–water partition coefficient (Wildman–Crippen LogP) is 5.83. The van der Waals surface area contributed by atoms with Crippen LogP contribution in [-0.2, 0) is 4.79 Å². The molecule has 0 fully saturated rings. The molecule has 1 unspecified atom stereocenters. The smallest absolute Gasteiger partial charge is 0.259 e. The van der Waals surface area contributed by atoms with Crippen LogP contribution in [0.2, 0.25) is 0 Å². The number of carbonyl (C=O) groups is 2. The lowest BCUT2D eigenvalue weighted by atomic mass is 9.95. The van der Waals surface area contributed by atoms with E-state index in [1.807, 2.05) is 74.5 Å². The van der Waals surface area contributed by atoms with Crippen molar-refractivity contribution in [1.29, 1.82) is 0 Å². The Labute approximate surface area is 231 Å². The molecule has 8 heteroatoms. The van der Waals surface area contributed by atoms with E-state index in [-0.39, 0.29) is 18.6 Å². The van der Waals surface area contributed by atoms with Gasteiger partial charge in [0.1, 0.15) is 5.75 Å². The van der Waals surface area contributed by atoms with Crippen LogP contribution in [0.1, 0.15) is 27.0 Å². The lowest BCUT2D eigenvalue weighted by Gasteiger charge is -2.36. The first kappa shape index (κ1) is 25.2. The summed E-state index contributed by atoms with van der Waals surface area (Å²) in [5, 5.41) is 3.10. The molecule has 4 aromatic carbocycles. The van der Waals surface area contributed by atoms with Gasteiger partial charge >= 0.3 is 0 Å². The number of nitrogens with zero attached hydrogens (tertiary/aromatic N) is 2. The monoisotopic (exact) mass is 533 g/mol. The zero-order valence-electron chi connectivity index (χ0n) is 22.3. The van der Waals surface area contributed by atoms with Crippen molar-refractivity contribution in [2.45, 2.75) is 19.9 Å². The number of amides is 2. The zero-order chi connectivity index (χ0) is 27.8. The molecule has 40 heavy (non-hydrogen) atoms. The normalized spacial score (nSPS) is 15.2. The van der Waals surface area contributed by atoms with Crippen LogP contribution < -0.4 is 24.4 Å². The molecule has 0 bridgehead atoms. The molecule has 0 saturated heterocycles. The van der Waals surface area contributed by atoms with Crippen molar-refractivity contribution < 1.29 is 23.8 Å². The second-order valence-electron chi connectivity index (χ2n) is 9.62. The molecule has 6 rings (SSSR count). The van der Waals surface area contributed by atoms with Crippen molar-refractivity contribution in [3.63, 3.8) is 0 Å². The quantitative estimate of drug-likeness (QED) is 0.349. The first-order chi connectivity index (χ1) is 19.4. The molecular formula is C32H27N3O5. The molecule has 4 aromatic rings. The SMILES string of the molecule is COc1ccc(C2=Nc3ccccc3N(C(=O)c3ccc4c(c3)OCO4)C2C(=O)Nc2c(C)cccc2C)cc1. The van der Waals surface area contributed by atoms with Gasteiger partial charge in [0.15, 0.2) is 17.5 Å². The Balaban J connectivity index is 1.51. The topological polar surface area (TPSA) is 89.5 Å². The molecular weight excluding hydrogens is 506 g/mol. The zero-order valence-corrected chi connectivity index (χ0v) is 22.3. The summed E-state index contributed by atoms with van der Waals surface area (Å²) in [6.45, 7) is 3.97. The Bertz CT molecular complexity index is 1640. The van der Waals surface area contributed by atoms with Crippen molar-refractivity contribution in [3.8, 4) is 17.2 Å². The van der Waals surface area contributed by atoms with Crippen molar-refractivity contribution >= 4 is 34.6 Å². The Morgan fingerprint density at radius 1 is 0.900 bits per heavy atom. The number of aliphatic imine (C=N–C) groups is 1. The predicted molar refractivity (Wildman–Crippen MR) is 153 cm³/mol. The molecule has 0 aliphatic carbocycles. The molecule has 2 aliphatic heterocycles. The Morgan fingerprint density at radius 3 is 2.38 bits per heavy atom. The first-order valence-corrected chi connectivity index (χ1v) is 12.9. The van der Waals surface area contributed by atoms with Gasteiger partial charge in [0.2, 0.25) is 6.79 Å². The fourth-order valence-corrected chi connectivity index (χ4v) is 5.04. The Kier molecular flexibility index (Phi) is 6.43. The summed E-state index contributed by atoms with van der Waals surface area (Å²) in [5.74, 6) is 0.978. The van der Waals surface area contributed by atoms with E-state index in [0.717, 1.165) is 11.1 Å². The van der Waals surface area contributed by atoms with Gasteiger partial charge in [-0.2, -0.15) is 0 Å². The average Bonchev–Trinajstić information content (AvgIpc) is 3.46. The van der Waals surface area contributed by atoms with Crippen LogP contribution in [0.5, 0.6) is 17.2 Å². The summed E-state index contributed by atoms with van der Waals surface area (Å²) in [6, 6.07) is 24.4. The van der Waals surface area contributed by atoms with Crippen LogP contribution in [0.25, 0.3) is 0 Å². The molecule has 1 N–H and O–H groups in total. The van der Waals surface area contributed by atoms with E-state index in [0.29, 0.717) is 51.1 Å². The number of carbonyl (C=O) groups excluding carboxylic acids is 2. The lowest BCUT2D eigenvalue weighted by molar-refractivity contribution is -0.116. The van der Waals surface area contributed by atoms with E-state index in [2.05, 4.69) is 5.32 Å². The van der Waals surface area contributed by atoms with Crippen LogP contribution in [0.15, 0.2) is 89.9 Å². The van der Waals surface area contributed by atoms with Gasteiger partial charge in [0.05, 0.1) is 24.2 Å². The minimum absolute atomic E-state index is 0.0919. The van der Waals surface area contributed by atoms with Crippen LogP contribution in [0.4, 0.5) is 17.1 Å². The molecule has 0 spiro atoms. The first-order valence-electron chi connectivity index (χ1n) is 12.9. The standard InChI is InChI=1S/C32H27N3O5/c1-19-7-6-8-20(2)28(19)34-31(36)30-29(21-11-14-23(38-3)15-12-21)33-24-9-4-5-10-25(24)35(30)32(37)22-13-16-26-27(17-22)40-18-39-26/h4-17,30H,18H2,1-3H3,(H,34,36). The highest BCUT2D eigenvalue weighted by Crippen LogP contribution is 2.39. The molecule has 0 aromatic heterocycles.